The molecule has 0 aliphatic carbocycles. The zero-order chi connectivity index (χ0) is 18.0. The maximum Gasteiger partial charge on any atom is 0.227 e. The van der Waals surface area contributed by atoms with Gasteiger partial charge in [0.2, 0.25) is 5.91 Å². The number of nitrogens with one attached hydrogen (secondary N) is 1. The summed E-state index contributed by atoms with van der Waals surface area (Å²) in [5.41, 5.74) is 1.60. The lowest BCUT2D eigenvalue weighted by Gasteiger charge is -2.18. The molecule has 2 aromatic rings. The molecule has 1 amide bonds. The number of benzene rings is 1. The molecule has 6 nitrogen and oxygen atoms in total. The summed E-state index contributed by atoms with van der Waals surface area (Å²) in [5.74, 6) is 0.688. The summed E-state index contributed by atoms with van der Waals surface area (Å²) in [6.45, 7) is 2.51. The Morgan fingerprint density at radius 1 is 1.32 bits per heavy atom. The quantitative estimate of drug-likeness (QED) is 0.775. The average molecular weight is 362 g/mol. The van der Waals surface area contributed by atoms with E-state index in [2.05, 4.69) is 10.3 Å². The Kier molecular flexibility index (Phi) is 5.11. The Morgan fingerprint density at radius 2 is 2.04 bits per heavy atom. The zero-order valence-corrected chi connectivity index (χ0v) is 14.6. The molecule has 0 saturated carbocycles. The number of phenols is 1. The van der Waals surface area contributed by atoms with E-state index < -0.39 is 6.10 Å². The van der Waals surface area contributed by atoms with Gasteiger partial charge in [-0.2, -0.15) is 0 Å². The van der Waals surface area contributed by atoms with Crippen LogP contribution in [0.5, 0.6) is 5.75 Å². The number of aliphatic hydroxyl groups is 1. The molecule has 1 aliphatic heterocycles. The third-order valence-electron chi connectivity index (χ3n) is 4.18. The van der Waals surface area contributed by atoms with Crippen molar-refractivity contribution in [2.24, 2.45) is 0 Å². The summed E-state index contributed by atoms with van der Waals surface area (Å²) in [6, 6.07) is 9.70. The predicted octanol–water partition coefficient (Wildman–Crippen LogP) is 1.98. The highest BCUT2D eigenvalue weighted by molar-refractivity contribution is 6.30. The van der Waals surface area contributed by atoms with Crippen molar-refractivity contribution in [1.29, 1.82) is 0 Å². The molecular formula is C18H20ClN3O3. The van der Waals surface area contributed by atoms with E-state index in [0.717, 1.165) is 11.3 Å². The molecule has 2 heterocycles. The van der Waals surface area contributed by atoms with Crippen molar-refractivity contribution in [3.05, 3.63) is 52.7 Å². The molecule has 1 aromatic heterocycles. The topological polar surface area (TPSA) is 85.7 Å². The van der Waals surface area contributed by atoms with Crippen LogP contribution in [0.2, 0.25) is 5.02 Å². The fourth-order valence-corrected chi connectivity index (χ4v) is 3.18. The van der Waals surface area contributed by atoms with Crippen LogP contribution in [0.25, 0.3) is 0 Å². The first-order valence-electron chi connectivity index (χ1n) is 8.05. The molecule has 0 bridgehead atoms. The summed E-state index contributed by atoms with van der Waals surface area (Å²) in [7, 11) is 0. The lowest BCUT2D eigenvalue weighted by Crippen LogP contribution is -2.33. The standard InChI is InChI=1S/C18H20ClN3O3/c1-11-6-13(19)8-17(20-11)21-15-9-22(10-16(15)24)18(25)7-12-2-4-14(23)5-3-12/h2-6,8,15-16,23-24H,7,9-10H2,1H3,(H,20,21)/t15-,16-/m1/s1. The van der Waals surface area contributed by atoms with Gasteiger partial charge in [-0.3, -0.25) is 4.79 Å². The van der Waals surface area contributed by atoms with Crippen molar-refractivity contribution < 1.29 is 15.0 Å². The van der Waals surface area contributed by atoms with Crippen molar-refractivity contribution in [2.45, 2.75) is 25.5 Å². The van der Waals surface area contributed by atoms with Crippen LogP contribution in [0, 0.1) is 6.92 Å². The summed E-state index contributed by atoms with van der Waals surface area (Å²) in [4.78, 5) is 18.4. The summed E-state index contributed by atoms with van der Waals surface area (Å²) < 4.78 is 0. The van der Waals surface area contributed by atoms with Gasteiger partial charge >= 0.3 is 0 Å². The third-order valence-corrected chi connectivity index (χ3v) is 4.40. The van der Waals surface area contributed by atoms with E-state index in [1.807, 2.05) is 6.92 Å². The Morgan fingerprint density at radius 3 is 2.72 bits per heavy atom. The van der Waals surface area contributed by atoms with E-state index in [1.54, 1.807) is 41.3 Å². The lowest BCUT2D eigenvalue weighted by atomic mass is 10.1. The van der Waals surface area contributed by atoms with Crippen LogP contribution in [0.1, 0.15) is 11.3 Å². The number of β-amino-alcohol motifs (C(OH)–C–C–N with tert-alkyl or cyclic N) is 1. The fourth-order valence-electron chi connectivity index (χ4n) is 2.92. The summed E-state index contributed by atoms with van der Waals surface area (Å²) >= 11 is 6.03. The van der Waals surface area contributed by atoms with Gasteiger partial charge in [0.25, 0.3) is 0 Å². The second-order valence-electron chi connectivity index (χ2n) is 6.27. The van der Waals surface area contributed by atoms with Crippen molar-refractivity contribution in [3.8, 4) is 5.75 Å². The van der Waals surface area contributed by atoms with Gasteiger partial charge in [-0.1, -0.05) is 23.7 Å². The van der Waals surface area contributed by atoms with Crippen LogP contribution < -0.4 is 5.32 Å². The number of nitrogens with zero attached hydrogens (tertiary/aromatic N) is 2. The lowest BCUT2D eigenvalue weighted by molar-refractivity contribution is -0.129. The Balaban J connectivity index is 1.62. The molecule has 25 heavy (non-hydrogen) atoms. The second kappa shape index (κ2) is 7.29. The van der Waals surface area contributed by atoms with Crippen LogP contribution >= 0.6 is 11.6 Å². The molecule has 132 valence electrons. The number of carbonyl (C=O) groups excluding carboxylic acids is 1. The number of aryl methyl sites for hydroxylation is 1. The molecule has 1 aromatic carbocycles. The maximum absolute atomic E-state index is 12.4. The van der Waals surface area contributed by atoms with Crippen LogP contribution in [0.3, 0.4) is 0 Å². The smallest absolute Gasteiger partial charge is 0.227 e. The van der Waals surface area contributed by atoms with Gasteiger partial charge in [-0.05, 0) is 36.8 Å². The first kappa shape index (κ1) is 17.5. The minimum absolute atomic E-state index is 0.0655. The Bertz CT molecular complexity index is 746. The van der Waals surface area contributed by atoms with E-state index in [9.17, 15) is 15.0 Å². The number of hydrogen-bond donors (Lipinski definition) is 3. The number of aromatic nitrogens is 1. The average Bonchev–Trinajstić information content (AvgIpc) is 2.90. The highest BCUT2D eigenvalue weighted by Gasteiger charge is 2.34. The number of amides is 1. The molecule has 0 unspecified atom stereocenters. The van der Waals surface area contributed by atoms with Crippen molar-refractivity contribution >= 4 is 23.3 Å². The molecule has 7 heteroatoms. The van der Waals surface area contributed by atoms with E-state index in [-0.39, 0.29) is 30.7 Å². The number of phenolic OH excluding ortho intramolecular Hbond substituents is 1. The van der Waals surface area contributed by atoms with Crippen LogP contribution in [0.15, 0.2) is 36.4 Å². The highest BCUT2D eigenvalue weighted by Crippen LogP contribution is 2.20. The predicted molar refractivity (Wildman–Crippen MR) is 95.8 cm³/mol. The van der Waals surface area contributed by atoms with Gasteiger partial charge in [0, 0.05) is 23.8 Å². The molecule has 3 N–H and O–H groups in total. The minimum Gasteiger partial charge on any atom is -0.508 e. The second-order valence-corrected chi connectivity index (χ2v) is 6.71. The first-order valence-corrected chi connectivity index (χ1v) is 8.43. The number of anilines is 1. The van der Waals surface area contributed by atoms with Crippen molar-refractivity contribution in [2.75, 3.05) is 18.4 Å². The molecule has 1 fully saturated rings. The number of pyridine rings is 1. The zero-order valence-electron chi connectivity index (χ0n) is 13.8. The monoisotopic (exact) mass is 361 g/mol. The number of carbonyl (C=O) groups is 1. The van der Waals surface area contributed by atoms with Crippen LogP contribution in [-0.2, 0) is 11.2 Å². The molecule has 3 rings (SSSR count). The van der Waals surface area contributed by atoms with Crippen molar-refractivity contribution in [1.82, 2.24) is 9.88 Å². The number of rotatable bonds is 4. The molecule has 2 atom stereocenters. The van der Waals surface area contributed by atoms with E-state index >= 15 is 0 Å². The molecular weight excluding hydrogens is 342 g/mol. The summed E-state index contributed by atoms with van der Waals surface area (Å²) in [5, 5.41) is 23.3. The van der Waals surface area contributed by atoms with Crippen molar-refractivity contribution in [3.63, 3.8) is 0 Å². The van der Waals surface area contributed by atoms with E-state index in [4.69, 9.17) is 11.6 Å². The van der Waals surface area contributed by atoms with Gasteiger partial charge in [0.05, 0.1) is 18.6 Å². The maximum atomic E-state index is 12.4. The largest absolute Gasteiger partial charge is 0.508 e. The molecule has 1 saturated heterocycles. The van der Waals surface area contributed by atoms with Gasteiger partial charge in [-0.15, -0.1) is 0 Å². The minimum atomic E-state index is -0.676. The Hall–Kier alpha value is -2.31. The molecule has 0 radical (unpaired) electrons. The normalized spacial score (nSPS) is 19.9. The van der Waals surface area contributed by atoms with Gasteiger partial charge in [-0.25, -0.2) is 4.98 Å². The van der Waals surface area contributed by atoms with Crippen LogP contribution in [0.4, 0.5) is 5.82 Å². The number of aliphatic hydroxyl groups excluding tert-OH is 1. The molecule has 1 aliphatic rings. The van der Waals surface area contributed by atoms with Crippen LogP contribution in [-0.4, -0.2) is 51.2 Å². The number of likely N-dealkylation sites (tertiary alicyclic amines) is 1. The number of halogens is 1. The highest BCUT2D eigenvalue weighted by atomic mass is 35.5. The fraction of sp³-hybridized carbons (Fsp3) is 0.333. The van der Waals surface area contributed by atoms with Gasteiger partial charge in [0.1, 0.15) is 11.6 Å². The number of aromatic hydroxyl groups is 1. The van der Waals surface area contributed by atoms with E-state index in [0.29, 0.717) is 17.4 Å². The van der Waals surface area contributed by atoms with E-state index in [1.165, 1.54) is 0 Å². The number of hydrogen-bond acceptors (Lipinski definition) is 5. The third kappa shape index (κ3) is 4.41. The SMILES string of the molecule is Cc1cc(Cl)cc(N[C@@H]2CN(C(=O)Cc3ccc(O)cc3)C[C@H]2O)n1. The molecule has 0 spiro atoms. The van der Waals surface area contributed by atoms with Gasteiger partial charge < -0.3 is 20.4 Å². The Labute approximate surface area is 151 Å². The summed E-state index contributed by atoms with van der Waals surface area (Å²) in [6.07, 6.45) is -0.446. The van der Waals surface area contributed by atoms with Gasteiger partial charge in [0.15, 0.2) is 0 Å². The first-order chi connectivity index (χ1) is 11.9.